The minimum atomic E-state index is -0.0582. The summed E-state index contributed by atoms with van der Waals surface area (Å²) >= 11 is 0. The van der Waals surface area contributed by atoms with E-state index >= 15 is 0 Å². The molecule has 1 saturated heterocycles. The Labute approximate surface area is 115 Å². The lowest BCUT2D eigenvalue weighted by atomic mass is 9.74. The second kappa shape index (κ2) is 7.22. The van der Waals surface area contributed by atoms with Crippen molar-refractivity contribution in [1.29, 1.82) is 0 Å². The Kier molecular flexibility index (Phi) is 5.60. The molecule has 0 atom stereocenters. The van der Waals surface area contributed by atoms with Crippen LogP contribution in [0.2, 0.25) is 0 Å². The number of aliphatic hydroxyl groups excluding tert-OH is 1. The first kappa shape index (κ1) is 14.8. The molecule has 0 aromatic heterocycles. The van der Waals surface area contributed by atoms with Crippen molar-refractivity contribution in [3.63, 3.8) is 0 Å². The van der Waals surface area contributed by atoms with E-state index in [1.54, 1.807) is 0 Å². The quantitative estimate of drug-likeness (QED) is 0.655. The van der Waals surface area contributed by atoms with Crippen LogP contribution in [0.25, 0.3) is 0 Å². The molecule has 1 heterocycles. The van der Waals surface area contributed by atoms with Crippen molar-refractivity contribution in [2.45, 2.75) is 32.1 Å². The van der Waals surface area contributed by atoms with Gasteiger partial charge in [0.05, 0.1) is 13.2 Å². The predicted octanol–water partition coefficient (Wildman–Crippen LogP) is -0.0494. The van der Waals surface area contributed by atoms with E-state index in [0.29, 0.717) is 13.1 Å². The van der Waals surface area contributed by atoms with Crippen LogP contribution in [0.15, 0.2) is 0 Å². The molecule has 110 valence electrons. The van der Waals surface area contributed by atoms with Crippen LogP contribution in [0.4, 0.5) is 0 Å². The summed E-state index contributed by atoms with van der Waals surface area (Å²) in [6.45, 7) is 5.14. The van der Waals surface area contributed by atoms with E-state index in [2.05, 4.69) is 15.5 Å². The molecule has 19 heavy (non-hydrogen) atoms. The molecule has 0 radical (unpaired) electrons. The summed E-state index contributed by atoms with van der Waals surface area (Å²) in [6.07, 6.45) is 5.69. The van der Waals surface area contributed by atoms with E-state index in [1.165, 1.54) is 19.3 Å². The SMILES string of the molecule is O=C(CN1CCNCC1)NCC1(CO)CCCCC1. The third kappa shape index (κ3) is 4.44. The zero-order valence-corrected chi connectivity index (χ0v) is 11.8. The Morgan fingerprint density at radius 2 is 1.89 bits per heavy atom. The van der Waals surface area contributed by atoms with Crippen LogP contribution in [0.3, 0.4) is 0 Å². The number of hydrogen-bond donors (Lipinski definition) is 3. The second-order valence-electron chi connectivity index (χ2n) is 6.02. The Bertz CT molecular complexity index is 284. The second-order valence-corrected chi connectivity index (χ2v) is 6.02. The van der Waals surface area contributed by atoms with E-state index < -0.39 is 0 Å². The molecular formula is C14H27N3O2. The minimum Gasteiger partial charge on any atom is -0.396 e. The number of carbonyl (C=O) groups is 1. The molecule has 5 heteroatoms. The van der Waals surface area contributed by atoms with Gasteiger partial charge >= 0.3 is 0 Å². The molecule has 1 amide bonds. The Morgan fingerprint density at radius 3 is 2.53 bits per heavy atom. The lowest BCUT2D eigenvalue weighted by Gasteiger charge is -2.36. The molecule has 0 aromatic carbocycles. The summed E-state index contributed by atoms with van der Waals surface area (Å²) in [5.41, 5.74) is -0.0582. The molecule has 1 aliphatic heterocycles. The Balaban J connectivity index is 1.72. The minimum absolute atomic E-state index is 0.0582. The number of rotatable bonds is 5. The van der Waals surface area contributed by atoms with Crippen LogP contribution in [0.1, 0.15) is 32.1 Å². The lowest BCUT2D eigenvalue weighted by Crippen LogP contribution is -2.49. The van der Waals surface area contributed by atoms with E-state index in [1.807, 2.05) is 0 Å². The number of carbonyl (C=O) groups excluding carboxylic acids is 1. The van der Waals surface area contributed by atoms with Crippen molar-refractivity contribution in [2.75, 3.05) is 45.9 Å². The molecule has 3 N–H and O–H groups in total. The highest BCUT2D eigenvalue weighted by molar-refractivity contribution is 5.78. The van der Waals surface area contributed by atoms with Gasteiger partial charge in [0.2, 0.25) is 5.91 Å². The zero-order chi connectivity index (χ0) is 13.6. The summed E-state index contributed by atoms with van der Waals surface area (Å²) in [7, 11) is 0. The van der Waals surface area contributed by atoms with Crippen molar-refractivity contribution in [3.8, 4) is 0 Å². The van der Waals surface area contributed by atoms with Gasteiger partial charge < -0.3 is 15.7 Å². The van der Waals surface area contributed by atoms with Gasteiger partial charge in [-0.3, -0.25) is 9.69 Å². The number of amides is 1. The maximum Gasteiger partial charge on any atom is 0.234 e. The number of nitrogens with zero attached hydrogens (tertiary/aromatic N) is 1. The van der Waals surface area contributed by atoms with Gasteiger partial charge in [-0.05, 0) is 12.8 Å². The van der Waals surface area contributed by atoms with Gasteiger partial charge in [-0.2, -0.15) is 0 Å². The van der Waals surface area contributed by atoms with E-state index in [-0.39, 0.29) is 17.9 Å². The number of nitrogens with one attached hydrogen (secondary N) is 2. The third-order valence-electron chi connectivity index (χ3n) is 4.49. The van der Waals surface area contributed by atoms with Crippen molar-refractivity contribution in [2.24, 2.45) is 5.41 Å². The van der Waals surface area contributed by atoms with E-state index in [0.717, 1.165) is 39.0 Å². The molecule has 1 aliphatic carbocycles. The maximum atomic E-state index is 12.0. The van der Waals surface area contributed by atoms with Gasteiger partial charge in [0.15, 0.2) is 0 Å². The third-order valence-corrected chi connectivity index (χ3v) is 4.49. The van der Waals surface area contributed by atoms with Crippen LogP contribution in [0, 0.1) is 5.41 Å². The maximum absolute atomic E-state index is 12.0. The number of aliphatic hydroxyl groups is 1. The standard InChI is InChI=1S/C14H27N3O2/c18-12-14(4-2-1-3-5-14)11-16-13(19)10-17-8-6-15-7-9-17/h15,18H,1-12H2,(H,16,19). The van der Waals surface area contributed by atoms with E-state index in [4.69, 9.17) is 0 Å². The first-order valence-electron chi connectivity index (χ1n) is 7.55. The Hall–Kier alpha value is -0.650. The fourth-order valence-electron chi connectivity index (χ4n) is 3.11. The molecule has 0 spiro atoms. The molecule has 1 saturated carbocycles. The first-order chi connectivity index (χ1) is 9.24. The van der Waals surface area contributed by atoms with Crippen LogP contribution in [0.5, 0.6) is 0 Å². The molecule has 0 unspecified atom stereocenters. The van der Waals surface area contributed by atoms with Gasteiger partial charge in [-0.15, -0.1) is 0 Å². The summed E-state index contributed by atoms with van der Waals surface area (Å²) < 4.78 is 0. The van der Waals surface area contributed by atoms with Crippen LogP contribution >= 0.6 is 0 Å². The van der Waals surface area contributed by atoms with Gasteiger partial charge in [0.25, 0.3) is 0 Å². The van der Waals surface area contributed by atoms with Crippen molar-refractivity contribution >= 4 is 5.91 Å². The van der Waals surface area contributed by atoms with Crippen LogP contribution < -0.4 is 10.6 Å². The van der Waals surface area contributed by atoms with Gasteiger partial charge in [0, 0.05) is 38.1 Å². The zero-order valence-electron chi connectivity index (χ0n) is 11.8. The topological polar surface area (TPSA) is 64.6 Å². The average Bonchev–Trinajstić information content (AvgIpc) is 2.47. The molecule has 0 bridgehead atoms. The summed E-state index contributed by atoms with van der Waals surface area (Å²) in [5, 5.41) is 15.9. The average molecular weight is 269 g/mol. The summed E-state index contributed by atoms with van der Waals surface area (Å²) in [4.78, 5) is 14.1. The molecular weight excluding hydrogens is 242 g/mol. The molecule has 2 aliphatic rings. The summed E-state index contributed by atoms with van der Waals surface area (Å²) in [6, 6.07) is 0. The van der Waals surface area contributed by atoms with Crippen molar-refractivity contribution < 1.29 is 9.90 Å². The van der Waals surface area contributed by atoms with Crippen LogP contribution in [-0.2, 0) is 4.79 Å². The van der Waals surface area contributed by atoms with Crippen LogP contribution in [-0.4, -0.2) is 61.8 Å². The number of hydrogen-bond acceptors (Lipinski definition) is 4. The molecule has 2 fully saturated rings. The molecule has 0 aromatic rings. The molecule has 5 nitrogen and oxygen atoms in total. The number of piperazine rings is 1. The fourth-order valence-corrected chi connectivity index (χ4v) is 3.11. The van der Waals surface area contributed by atoms with E-state index in [9.17, 15) is 9.90 Å². The highest BCUT2D eigenvalue weighted by Gasteiger charge is 2.31. The first-order valence-corrected chi connectivity index (χ1v) is 7.55. The Morgan fingerprint density at radius 1 is 1.21 bits per heavy atom. The lowest BCUT2D eigenvalue weighted by molar-refractivity contribution is -0.123. The predicted molar refractivity (Wildman–Crippen MR) is 74.9 cm³/mol. The summed E-state index contributed by atoms with van der Waals surface area (Å²) in [5.74, 6) is 0.0975. The normalized spacial score (nSPS) is 24.1. The van der Waals surface area contributed by atoms with Gasteiger partial charge in [-0.1, -0.05) is 19.3 Å². The van der Waals surface area contributed by atoms with Gasteiger partial charge in [0.1, 0.15) is 0 Å². The van der Waals surface area contributed by atoms with Crippen molar-refractivity contribution in [1.82, 2.24) is 15.5 Å². The smallest absolute Gasteiger partial charge is 0.234 e. The van der Waals surface area contributed by atoms with Gasteiger partial charge in [-0.25, -0.2) is 0 Å². The van der Waals surface area contributed by atoms with Crippen molar-refractivity contribution in [3.05, 3.63) is 0 Å². The highest BCUT2D eigenvalue weighted by atomic mass is 16.3. The molecule has 2 rings (SSSR count). The monoisotopic (exact) mass is 269 g/mol. The highest BCUT2D eigenvalue weighted by Crippen LogP contribution is 2.35. The largest absolute Gasteiger partial charge is 0.396 e. The fraction of sp³-hybridized carbons (Fsp3) is 0.929.